The lowest BCUT2D eigenvalue weighted by Gasteiger charge is -2.27. The van der Waals surface area contributed by atoms with Gasteiger partial charge in [-0.05, 0) is 24.6 Å². The molecule has 108 valence electrons. The lowest BCUT2D eigenvalue weighted by Crippen LogP contribution is -2.43. The molecule has 0 amide bonds. The van der Waals surface area contributed by atoms with Crippen LogP contribution in [0.1, 0.15) is 6.42 Å². The first-order valence-electron chi connectivity index (χ1n) is 6.26. The number of nitrogens with zero attached hydrogens (tertiary/aromatic N) is 1. The van der Waals surface area contributed by atoms with Crippen LogP contribution in [0.15, 0.2) is 22.7 Å². The zero-order chi connectivity index (χ0) is 12.8. The fraction of sp³-hybridized carbons (Fsp3) is 0.538. The van der Waals surface area contributed by atoms with Gasteiger partial charge in [0.15, 0.2) is 0 Å². The molecule has 1 aliphatic heterocycles. The van der Waals surface area contributed by atoms with Gasteiger partial charge in [0.25, 0.3) is 0 Å². The standard InChI is InChI=1S/C13H18BrClN2O.ClH/c14-11-2-3-13(12(15)10-11)18-9-1-6-17-7-4-16-5-8-17;/h2-3,10,16H,1,4-9H2;1H. The molecule has 1 aliphatic rings. The molecule has 6 heteroatoms. The predicted molar refractivity (Wildman–Crippen MR) is 85.8 cm³/mol. The van der Waals surface area contributed by atoms with Crippen molar-refractivity contribution in [3.8, 4) is 5.75 Å². The Morgan fingerprint density at radius 1 is 1.32 bits per heavy atom. The van der Waals surface area contributed by atoms with Crippen molar-refractivity contribution >= 4 is 39.9 Å². The number of hydrogen-bond donors (Lipinski definition) is 1. The third kappa shape index (κ3) is 5.88. The Hall–Kier alpha value is -0.0000000000000000971. The van der Waals surface area contributed by atoms with Crippen molar-refractivity contribution in [1.29, 1.82) is 0 Å². The lowest BCUT2D eigenvalue weighted by atomic mass is 10.3. The molecule has 1 aromatic carbocycles. The summed E-state index contributed by atoms with van der Waals surface area (Å²) in [5.74, 6) is 0.764. The third-order valence-corrected chi connectivity index (χ3v) is 3.77. The number of nitrogens with one attached hydrogen (secondary N) is 1. The molecular weight excluding hydrogens is 351 g/mol. The first-order valence-corrected chi connectivity index (χ1v) is 7.44. The van der Waals surface area contributed by atoms with Crippen LogP contribution >= 0.6 is 39.9 Å². The molecule has 0 atom stereocenters. The lowest BCUT2D eigenvalue weighted by molar-refractivity contribution is 0.214. The van der Waals surface area contributed by atoms with E-state index in [0.717, 1.165) is 49.4 Å². The number of hydrogen-bond acceptors (Lipinski definition) is 3. The van der Waals surface area contributed by atoms with Gasteiger partial charge in [0.1, 0.15) is 5.75 Å². The molecule has 2 rings (SSSR count). The molecule has 1 fully saturated rings. The fourth-order valence-corrected chi connectivity index (χ4v) is 2.73. The van der Waals surface area contributed by atoms with Gasteiger partial charge in [0.05, 0.1) is 11.6 Å². The first-order chi connectivity index (χ1) is 8.75. The topological polar surface area (TPSA) is 24.5 Å². The average Bonchev–Trinajstić information content (AvgIpc) is 2.38. The molecule has 1 N–H and O–H groups in total. The Morgan fingerprint density at radius 3 is 2.74 bits per heavy atom. The predicted octanol–water partition coefficient (Wildman–Crippen LogP) is 3.20. The fourth-order valence-electron chi connectivity index (χ4n) is 2.00. The van der Waals surface area contributed by atoms with Crippen molar-refractivity contribution in [2.45, 2.75) is 6.42 Å². The maximum Gasteiger partial charge on any atom is 0.137 e. The third-order valence-electron chi connectivity index (χ3n) is 2.98. The van der Waals surface area contributed by atoms with E-state index in [1.54, 1.807) is 0 Å². The summed E-state index contributed by atoms with van der Waals surface area (Å²) in [5, 5.41) is 4.01. The van der Waals surface area contributed by atoms with Crippen LogP contribution in [-0.2, 0) is 0 Å². The normalized spacial score (nSPS) is 15.9. The number of piperazine rings is 1. The van der Waals surface area contributed by atoms with Crippen molar-refractivity contribution < 1.29 is 4.74 Å². The summed E-state index contributed by atoms with van der Waals surface area (Å²) in [4.78, 5) is 2.46. The average molecular weight is 370 g/mol. The minimum absolute atomic E-state index is 0. The molecule has 3 nitrogen and oxygen atoms in total. The van der Waals surface area contributed by atoms with Gasteiger partial charge in [0.2, 0.25) is 0 Å². The minimum Gasteiger partial charge on any atom is -0.492 e. The summed E-state index contributed by atoms with van der Waals surface area (Å²) in [6.45, 7) is 6.28. The van der Waals surface area contributed by atoms with E-state index < -0.39 is 0 Å². The molecule has 0 unspecified atom stereocenters. The molecule has 0 radical (unpaired) electrons. The molecular formula is C13H19BrCl2N2O. The van der Waals surface area contributed by atoms with Crippen LogP contribution in [0.2, 0.25) is 5.02 Å². The van der Waals surface area contributed by atoms with Crippen LogP contribution in [0.3, 0.4) is 0 Å². The van der Waals surface area contributed by atoms with Gasteiger partial charge in [-0.25, -0.2) is 0 Å². The first kappa shape index (κ1) is 17.1. The highest BCUT2D eigenvalue weighted by atomic mass is 79.9. The van der Waals surface area contributed by atoms with Crippen molar-refractivity contribution in [2.24, 2.45) is 0 Å². The zero-order valence-electron chi connectivity index (χ0n) is 10.7. The molecule has 0 aromatic heterocycles. The molecule has 1 saturated heterocycles. The highest BCUT2D eigenvalue weighted by molar-refractivity contribution is 9.10. The molecule has 1 aromatic rings. The maximum absolute atomic E-state index is 6.08. The van der Waals surface area contributed by atoms with E-state index in [4.69, 9.17) is 16.3 Å². The van der Waals surface area contributed by atoms with Gasteiger partial charge < -0.3 is 15.0 Å². The van der Waals surface area contributed by atoms with Gasteiger partial charge in [-0.2, -0.15) is 0 Å². The SMILES string of the molecule is Cl.Clc1cc(Br)ccc1OCCCN1CCNCC1. The zero-order valence-corrected chi connectivity index (χ0v) is 13.9. The van der Waals surface area contributed by atoms with E-state index in [1.807, 2.05) is 18.2 Å². The summed E-state index contributed by atoms with van der Waals surface area (Å²) in [6.07, 6.45) is 1.03. The number of benzene rings is 1. The summed E-state index contributed by atoms with van der Waals surface area (Å²) in [5.41, 5.74) is 0. The number of ether oxygens (including phenoxy) is 1. The second-order valence-electron chi connectivity index (χ2n) is 4.37. The van der Waals surface area contributed by atoms with Gasteiger partial charge in [-0.15, -0.1) is 12.4 Å². The summed E-state index contributed by atoms with van der Waals surface area (Å²) in [7, 11) is 0. The number of rotatable bonds is 5. The Balaban J connectivity index is 0.00000180. The van der Waals surface area contributed by atoms with E-state index in [2.05, 4.69) is 26.1 Å². The van der Waals surface area contributed by atoms with Crippen molar-refractivity contribution in [1.82, 2.24) is 10.2 Å². The van der Waals surface area contributed by atoms with Gasteiger partial charge in [0, 0.05) is 37.2 Å². The van der Waals surface area contributed by atoms with Crippen LogP contribution < -0.4 is 10.1 Å². The van der Waals surface area contributed by atoms with E-state index in [1.165, 1.54) is 0 Å². The highest BCUT2D eigenvalue weighted by Crippen LogP contribution is 2.27. The van der Waals surface area contributed by atoms with Crippen molar-refractivity contribution in [3.63, 3.8) is 0 Å². The van der Waals surface area contributed by atoms with Gasteiger partial charge >= 0.3 is 0 Å². The van der Waals surface area contributed by atoms with E-state index >= 15 is 0 Å². The minimum atomic E-state index is 0. The largest absolute Gasteiger partial charge is 0.492 e. The van der Waals surface area contributed by atoms with Crippen LogP contribution in [-0.4, -0.2) is 44.2 Å². The van der Waals surface area contributed by atoms with Crippen LogP contribution in [0.4, 0.5) is 0 Å². The summed E-state index contributed by atoms with van der Waals surface area (Å²) >= 11 is 9.46. The Bertz CT molecular complexity index is 387. The van der Waals surface area contributed by atoms with E-state index in [9.17, 15) is 0 Å². The molecule has 0 spiro atoms. The smallest absolute Gasteiger partial charge is 0.137 e. The number of halogens is 3. The Labute approximate surface area is 134 Å². The summed E-state index contributed by atoms with van der Waals surface area (Å²) < 4.78 is 6.66. The van der Waals surface area contributed by atoms with Crippen LogP contribution in [0.5, 0.6) is 5.75 Å². The molecule has 0 aliphatic carbocycles. The second-order valence-corrected chi connectivity index (χ2v) is 5.69. The van der Waals surface area contributed by atoms with Crippen LogP contribution in [0.25, 0.3) is 0 Å². The molecule has 1 heterocycles. The van der Waals surface area contributed by atoms with Gasteiger partial charge in [-0.1, -0.05) is 27.5 Å². The van der Waals surface area contributed by atoms with Crippen LogP contribution in [0, 0.1) is 0 Å². The van der Waals surface area contributed by atoms with E-state index in [-0.39, 0.29) is 12.4 Å². The Kier molecular flexibility index (Phi) is 8.11. The molecule has 0 bridgehead atoms. The van der Waals surface area contributed by atoms with Crippen molar-refractivity contribution in [2.75, 3.05) is 39.3 Å². The van der Waals surface area contributed by atoms with Gasteiger partial charge in [-0.3, -0.25) is 0 Å². The van der Waals surface area contributed by atoms with E-state index in [0.29, 0.717) is 11.6 Å². The Morgan fingerprint density at radius 2 is 2.05 bits per heavy atom. The quantitative estimate of drug-likeness (QED) is 0.806. The second kappa shape index (κ2) is 9.03. The summed E-state index contributed by atoms with van der Waals surface area (Å²) in [6, 6.07) is 5.70. The molecule has 19 heavy (non-hydrogen) atoms. The maximum atomic E-state index is 6.08. The molecule has 0 saturated carbocycles. The van der Waals surface area contributed by atoms with Crippen molar-refractivity contribution in [3.05, 3.63) is 27.7 Å². The highest BCUT2D eigenvalue weighted by Gasteiger charge is 2.08. The monoisotopic (exact) mass is 368 g/mol.